The fraction of sp³-hybridized carbons (Fsp3) is 0.714. The largest absolute Gasteiger partial charge is 0.344 e. The molecule has 5 nitrogen and oxygen atoms in total. The SMILES string of the molecule is CC(C)C(NC(=O)CC12CC3CC(CC(C3)C1)C2)C(=O)N1CCN(Cc2ccccc2)CC1. The third-order valence-corrected chi connectivity index (χ3v) is 8.88. The normalized spacial score (nSPS) is 32.2. The van der Waals surface area contributed by atoms with E-state index in [4.69, 9.17) is 0 Å². The second-order valence-electron chi connectivity index (χ2n) is 12.0. The molecule has 4 aliphatic carbocycles. The first-order valence-corrected chi connectivity index (χ1v) is 13.2. The lowest BCUT2D eigenvalue weighted by Crippen LogP contribution is -2.57. The predicted molar refractivity (Wildman–Crippen MR) is 130 cm³/mol. The zero-order valence-corrected chi connectivity index (χ0v) is 20.5. The van der Waals surface area contributed by atoms with Gasteiger partial charge in [-0.25, -0.2) is 0 Å². The fourth-order valence-corrected chi connectivity index (χ4v) is 7.75. The highest BCUT2D eigenvalue weighted by Gasteiger charge is 2.51. The van der Waals surface area contributed by atoms with Crippen LogP contribution in [-0.2, 0) is 16.1 Å². The van der Waals surface area contributed by atoms with Crippen LogP contribution in [0.5, 0.6) is 0 Å². The van der Waals surface area contributed by atoms with Crippen LogP contribution in [0.4, 0.5) is 0 Å². The predicted octanol–water partition coefficient (Wildman–Crippen LogP) is 4.08. The van der Waals surface area contributed by atoms with Gasteiger partial charge in [-0.3, -0.25) is 14.5 Å². The Morgan fingerprint density at radius 1 is 0.939 bits per heavy atom. The monoisotopic (exact) mass is 451 g/mol. The van der Waals surface area contributed by atoms with Crippen molar-refractivity contribution < 1.29 is 9.59 Å². The van der Waals surface area contributed by atoms with Gasteiger partial charge >= 0.3 is 0 Å². The first-order chi connectivity index (χ1) is 15.9. The van der Waals surface area contributed by atoms with Gasteiger partial charge in [-0.15, -0.1) is 0 Å². The highest BCUT2D eigenvalue weighted by molar-refractivity contribution is 5.88. The van der Waals surface area contributed by atoms with Crippen molar-refractivity contribution in [3.05, 3.63) is 35.9 Å². The molecule has 5 fully saturated rings. The van der Waals surface area contributed by atoms with E-state index in [2.05, 4.69) is 48.3 Å². The van der Waals surface area contributed by atoms with Gasteiger partial charge in [-0.05, 0) is 73.2 Å². The second kappa shape index (κ2) is 9.40. The van der Waals surface area contributed by atoms with Crippen LogP contribution in [0, 0.1) is 29.1 Å². The molecule has 0 radical (unpaired) electrons. The van der Waals surface area contributed by atoms with Crippen molar-refractivity contribution in [3.8, 4) is 0 Å². The average Bonchev–Trinajstić information content (AvgIpc) is 2.77. The maximum atomic E-state index is 13.4. The number of carbonyl (C=O) groups excluding carboxylic acids is 2. The number of amides is 2. The molecule has 1 N–H and O–H groups in total. The maximum Gasteiger partial charge on any atom is 0.245 e. The van der Waals surface area contributed by atoms with Crippen LogP contribution < -0.4 is 5.32 Å². The minimum atomic E-state index is -0.410. The van der Waals surface area contributed by atoms with Crippen LogP contribution >= 0.6 is 0 Å². The number of nitrogens with one attached hydrogen (secondary N) is 1. The van der Waals surface area contributed by atoms with Crippen molar-refractivity contribution in [1.29, 1.82) is 0 Å². The van der Waals surface area contributed by atoms with Crippen molar-refractivity contribution >= 4 is 11.8 Å². The van der Waals surface area contributed by atoms with Crippen molar-refractivity contribution in [1.82, 2.24) is 15.1 Å². The molecule has 1 aliphatic heterocycles. The molecule has 5 heteroatoms. The molecule has 0 spiro atoms. The van der Waals surface area contributed by atoms with Crippen molar-refractivity contribution in [3.63, 3.8) is 0 Å². The summed E-state index contributed by atoms with van der Waals surface area (Å²) in [4.78, 5) is 31.0. The highest BCUT2D eigenvalue weighted by atomic mass is 16.2. The lowest BCUT2D eigenvalue weighted by atomic mass is 9.49. The Hall–Kier alpha value is -1.88. The number of hydrogen-bond donors (Lipinski definition) is 1. The van der Waals surface area contributed by atoms with Crippen molar-refractivity contribution in [2.75, 3.05) is 26.2 Å². The average molecular weight is 452 g/mol. The molecule has 6 rings (SSSR count). The van der Waals surface area contributed by atoms with Gasteiger partial charge in [-0.1, -0.05) is 44.2 Å². The Bertz CT molecular complexity index is 809. The molecule has 0 aromatic heterocycles. The zero-order valence-electron chi connectivity index (χ0n) is 20.5. The summed E-state index contributed by atoms with van der Waals surface area (Å²) in [5.74, 6) is 2.84. The summed E-state index contributed by atoms with van der Waals surface area (Å²) in [7, 11) is 0. The van der Waals surface area contributed by atoms with Gasteiger partial charge in [0.05, 0.1) is 0 Å². The van der Waals surface area contributed by atoms with E-state index in [9.17, 15) is 9.59 Å². The van der Waals surface area contributed by atoms with Gasteiger partial charge in [0.1, 0.15) is 6.04 Å². The van der Waals surface area contributed by atoms with Crippen LogP contribution in [0.3, 0.4) is 0 Å². The van der Waals surface area contributed by atoms with Crippen molar-refractivity contribution in [2.45, 2.75) is 71.4 Å². The van der Waals surface area contributed by atoms with Gasteiger partial charge in [0.15, 0.2) is 0 Å². The number of benzene rings is 1. The van der Waals surface area contributed by atoms with Crippen LogP contribution in [0.2, 0.25) is 0 Å². The lowest BCUT2D eigenvalue weighted by molar-refractivity contribution is -0.141. The topological polar surface area (TPSA) is 52.7 Å². The van der Waals surface area contributed by atoms with E-state index < -0.39 is 6.04 Å². The van der Waals surface area contributed by atoms with E-state index in [1.807, 2.05) is 11.0 Å². The van der Waals surface area contributed by atoms with Crippen molar-refractivity contribution in [2.24, 2.45) is 29.1 Å². The summed E-state index contributed by atoms with van der Waals surface area (Å²) in [6.07, 6.45) is 8.50. The number of rotatable bonds is 7. The molecule has 2 amide bonds. The molecule has 5 aliphatic rings. The number of piperazine rings is 1. The van der Waals surface area contributed by atoms with Crippen LogP contribution in [0.15, 0.2) is 30.3 Å². The Balaban J connectivity index is 1.15. The highest BCUT2D eigenvalue weighted by Crippen LogP contribution is 2.61. The second-order valence-corrected chi connectivity index (χ2v) is 12.0. The number of hydrogen-bond acceptors (Lipinski definition) is 3. The van der Waals surface area contributed by atoms with E-state index in [0.717, 1.165) is 50.5 Å². The molecule has 1 unspecified atom stereocenters. The molecule has 1 aromatic carbocycles. The van der Waals surface area contributed by atoms with Gasteiger partial charge in [0.25, 0.3) is 0 Å². The zero-order chi connectivity index (χ0) is 23.0. The number of carbonyl (C=O) groups is 2. The van der Waals surface area contributed by atoms with E-state index in [1.54, 1.807) is 0 Å². The first-order valence-electron chi connectivity index (χ1n) is 13.2. The molecular weight excluding hydrogens is 410 g/mol. The maximum absolute atomic E-state index is 13.4. The van der Waals surface area contributed by atoms with Crippen LogP contribution in [-0.4, -0.2) is 53.8 Å². The van der Waals surface area contributed by atoms with Gasteiger partial charge < -0.3 is 10.2 Å². The summed E-state index contributed by atoms with van der Waals surface area (Å²) >= 11 is 0. The third kappa shape index (κ3) is 5.13. The molecule has 180 valence electrons. The Kier molecular flexibility index (Phi) is 6.52. The molecule has 1 aromatic rings. The van der Waals surface area contributed by atoms with Gasteiger partial charge in [-0.2, -0.15) is 0 Å². The summed E-state index contributed by atoms with van der Waals surface area (Å²) in [5, 5.41) is 3.20. The van der Waals surface area contributed by atoms with Crippen LogP contribution in [0.25, 0.3) is 0 Å². The van der Waals surface area contributed by atoms with Gasteiger partial charge in [0, 0.05) is 39.1 Å². The molecule has 1 atom stereocenters. The summed E-state index contributed by atoms with van der Waals surface area (Å²) in [6.45, 7) is 8.27. The van der Waals surface area contributed by atoms with Gasteiger partial charge in [0.2, 0.25) is 11.8 Å². The Morgan fingerprint density at radius 3 is 2.06 bits per heavy atom. The first kappa shape index (κ1) is 22.9. The molecule has 1 heterocycles. The van der Waals surface area contributed by atoms with E-state index in [-0.39, 0.29) is 23.1 Å². The third-order valence-electron chi connectivity index (χ3n) is 8.88. The van der Waals surface area contributed by atoms with E-state index >= 15 is 0 Å². The molecule has 4 bridgehead atoms. The molecular formula is C28H41N3O2. The molecule has 1 saturated heterocycles. The molecule has 4 saturated carbocycles. The van der Waals surface area contributed by atoms with Crippen LogP contribution in [0.1, 0.15) is 64.4 Å². The van der Waals surface area contributed by atoms with E-state index in [0.29, 0.717) is 6.42 Å². The lowest BCUT2D eigenvalue weighted by Gasteiger charge is -2.56. The molecule has 33 heavy (non-hydrogen) atoms. The summed E-state index contributed by atoms with van der Waals surface area (Å²) in [6, 6.07) is 10.1. The smallest absolute Gasteiger partial charge is 0.245 e. The Labute approximate surface area is 199 Å². The quantitative estimate of drug-likeness (QED) is 0.680. The Morgan fingerprint density at radius 2 is 1.52 bits per heavy atom. The standard InChI is InChI=1S/C28H41N3O2/c1-20(2)26(27(33)31-10-8-30(9-11-31)19-21-6-4-3-5-7-21)29-25(32)18-28-15-22-12-23(16-28)14-24(13-22)17-28/h3-7,20,22-24,26H,8-19H2,1-2H3,(H,29,32). The number of nitrogens with zero attached hydrogens (tertiary/aromatic N) is 2. The summed E-state index contributed by atoms with van der Waals surface area (Å²) in [5.41, 5.74) is 1.53. The summed E-state index contributed by atoms with van der Waals surface area (Å²) < 4.78 is 0. The van der Waals surface area contributed by atoms with E-state index in [1.165, 1.54) is 44.1 Å². The fourth-order valence-electron chi connectivity index (χ4n) is 7.75. The minimum Gasteiger partial charge on any atom is -0.344 e. The minimum absolute atomic E-state index is 0.0974.